The second kappa shape index (κ2) is 7.47. The van der Waals surface area contributed by atoms with E-state index < -0.39 is 79.1 Å². The van der Waals surface area contributed by atoms with E-state index in [0.29, 0.717) is 0 Å². The molecule has 0 amide bonds. The average molecular weight is 399 g/mol. The van der Waals surface area contributed by atoms with Crippen LogP contribution in [0.4, 0.5) is 0 Å². The van der Waals surface area contributed by atoms with E-state index in [2.05, 4.69) is 0 Å². The Bertz CT molecular complexity index is 533. The molecule has 1 aliphatic carbocycles. The Balaban J connectivity index is 1.82. The number of ether oxygens (including phenoxy) is 3. The zero-order valence-electron chi connectivity index (χ0n) is 13.6. The summed E-state index contributed by atoms with van der Waals surface area (Å²) in [4.78, 5) is 0. The van der Waals surface area contributed by atoms with Gasteiger partial charge in [-0.1, -0.05) is 0 Å². The molecule has 0 radical (unpaired) electrons. The summed E-state index contributed by atoms with van der Waals surface area (Å²) < 4.78 is 16.1. The first-order valence-electron chi connectivity index (χ1n) is 8.19. The highest BCUT2D eigenvalue weighted by Gasteiger charge is 2.63. The molecule has 0 unspecified atom stereocenters. The standard InChI is InChI=1S/C15H23ClO10/c16-12-8(19)5-1-2-24-13(7(5)15(12,23)4-18)26-14-11(22)10(21)9(20)6(3-17)25-14/h1-2,5-14,17-23H,3-4H2/t5-,6-,7-,8+,9-,10+,11-,12-,13+,14+,15-/m1/s1. The quantitative estimate of drug-likeness (QED) is 0.237. The zero-order valence-corrected chi connectivity index (χ0v) is 14.3. The molecular formula is C15H23ClO10. The van der Waals surface area contributed by atoms with Crippen molar-refractivity contribution in [2.24, 2.45) is 11.8 Å². The summed E-state index contributed by atoms with van der Waals surface area (Å²) in [7, 11) is 0. The number of fused-ring (bicyclic) bond motifs is 1. The maximum Gasteiger partial charge on any atom is 0.208 e. The van der Waals surface area contributed by atoms with Crippen molar-refractivity contribution >= 4 is 11.6 Å². The van der Waals surface area contributed by atoms with Crippen molar-refractivity contribution in [3.63, 3.8) is 0 Å². The van der Waals surface area contributed by atoms with E-state index >= 15 is 0 Å². The van der Waals surface area contributed by atoms with Gasteiger partial charge in [-0.25, -0.2) is 0 Å². The summed E-state index contributed by atoms with van der Waals surface area (Å²) in [6, 6.07) is 0. The number of alkyl halides is 1. The highest BCUT2D eigenvalue weighted by atomic mass is 35.5. The fourth-order valence-corrected chi connectivity index (χ4v) is 4.17. The molecule has 2 aliphatic heterocycles. The van der Waals surface area contributed by atoms with Crippen LogP contribution in [0.2, 0.25) is 0 Å². The van der Waals surface area contributed by atoms with Crippen molar-refractivity contribution in [3.05, 3.63) is 12.3 Å². The van der Waals surface area contributed by atoms with Crippen LogP contribution in [-0.2, 0) is 14.2 Å². The number of aliphatic hydroxyl groups is 7. The van der Waals surface area contributed by atoms with Gasteiger partial charge in [-0.2, -0.15) is 0 Å². The van der Waals surface area contributed by atoms with Crippen molar-refractivity contribution in [2.75, 3.05) is 13.2 Å². The first kappa shape index (κ1) is 20.2. The molecule has 2 heterocycles. The molecule has 1 saturated heterocycles. The molecule has 11 atom stereocenters. The zero-order chi connectivity index (χ0) is 19.2. The van der Waals surface area contributed by atoms with Crippen LogP contribution in [0.15, 0.2) is 12.3 Å². The lowest BCUT2D eigenvalue weighted by atomic mass is 9.84. The van der Waals surface area contributed by atoms with Gasteiger partial charge in [0.15, 0.2) is 6.29 Å². The van der Waals surface area contributed by atoms with Crippen molar-refractivity contribution < 1.29 is 50.0 Å². The first-order valence-corrected chi connectivity index (χ1v) is 8.63. The number of aliphatic hydroxyl groups excluding tert-OH is 6. The van der Waals surface area contributed by atoms with E-state index in [1.807, 2.05) is 0 Å². The molecule has 0 aromatic rings. The van der Waals surface area contributed by atoms with Gasteiger partial charge in [0.2, 0.25) is 6.29 Å². The molecule has 10 nitrogen and oxygen atoms in total. The van der Waals surface area contributed by atoms with Crippen LogP contribution in [0.5, 0.6) is 0 Å². The van der Waals surface area contributed by atoms with Gasteiger partial charge in [-0.05, 0) is 6.08 Å². The summed E-state index contributed by atoms with van der Waals surface area (Å²) in [5.41, 5.74) is -1.94. The molecule has 3 rings (SSSR count). The Morgan fingerprint density at radius 2 is 1.69 bits per heavy atom. The summed E-state index contributed by atoms with van der Waals surface area (Å²) in [5.74, 6) is -1.69. The Hall–Kier alpha value is -0.530. The molecule has 0 bridgehead atoms. The fourth-order valence-electron chi connectivity index (χ4n) is 3.79. The highest BCUT2D eigenvalue weighted by molar-refractivity contribution is 6.22. The van der Waals surface area contributed by atoms with Gasteiger partial charge in [-0.3, -0.25) is 0 Å². The van der Waals surface area contributed by atoms with Gasteiger partial charge in [0.05, 0.1) is 36.9 Å². The van der Waals surface area contributed by atoms with Crippen molar-refractivity contribution in [1.29, 1.82) is 0 Å². The van der Waals surface area contributed by atoms with Crippen LogP contribution >= 0.6 is 11.6 Å². The van der Waals surface area contributed by atoms with E-state index in [9.17, 15) is 35.7 Å². The minimum Gasteiger partial charge on any atom is -0.472 e. The van der Waals surface area contributed by atoms with Crippen LogP contribution < -0.4 is 0 Å². The molecule has 3 aliphatic rings. The molecule has 7 N–H and O–H groups in total. The van der Waals surface area contributed by atoms with Crippen LogP contribution in [-0.4, -0.2) is 103 Å². The molecule has 0 aromatic carbocycles. The van der Waals surface area contributed by atoms with Crippen molar-refractivity contribution in [1.82, 2.24) is 0 Å². The predicted octanol–water partition coefficient (Wildman–Crippen LogP) is -3.39. The van der Waals surface area contributed by atoms with Gasteiger partial charge >= 0.3 is 0 Å². The predicted molar refractivity (Wildman–Crippen MR) is 83.5 cm³/mol. The lowest BCUT2D eigenvalue weighted by Gasteiger charge is -2.43. The van der Waals surface area contributed by atoms with Gasteiger partial charge in [0.1, 0.15) is 30.0 Å². The fraction of sp³-hybridized carbons (Fsp3) is 0.867. The molecule has 11 heteroatoms. The lowest BCUT2D eigenvalue weighted by Crippen LogP contribution is -2.61. The van der Waals surface area contributed by atoms with Crippen LogP contribution in [0.1, 0.15) is 0 Å². The van der Waals surface area contributed by atoms with E-state index in [4.69, 9.17) is 25.8 Å². The Labute approximate surface area is 153 Å². The molecule has 1 saturated carbocycles. The summed E-state index contributed by atoms with van der Waals surface area (Å²) >= 11 is 6.08. The topological polar surface area (TPSA) is 169 Å². The third kappa shape index (κ3) is 3.04. The largest absolute Gasteiger partial charge is 0.472 e. The van der Waals surface area contributed by atoms with Crippen LogP contribution in [0.3, 0.4) is 0 Å². The Morgan fingerprint density at radius 3 is 2.31 bits per heavy atom. The van der Waals surface area contributed by atoms with Crippen LogP contribution in [0, 0.1) is 11.8 Å². The van der Waals surface area contributed by atoms with Gasteiger partial charge < -0.3 is 50.0 Å². The first-order chi connectivity index (χ1) is 12.3. The molecular weight excluding hydrogens is 376 g/mol. The molecule has 0 spiro atoms. The summed E-state index contributed by atoms with van der Waals surface area (Å²) in [5, 5.41) is 68.3. The molecule has 2 fully saturated rings. The second-order valence-electron chi connectivity index (χ2n) is 6.81. The minimum absolute atomic E-state index is 0.634. The third-order valence-corrected chi connectivity index (χ3v) is 5.98. The van der Waals surface area contributed by atoms with Gasteiger partial charge in [0.25, 0.3) is 0 Å². The number of hydrogen-bond donors (Lipinski definition) is 7. The van der Waals surface area contributed by atoms with Gasteiger partial charge in [0, 0.05) is 5.92 Å². The van der Waals surface area contributed by atoms with Crippen molar-refractivity contribution in [3.8, 4) is 0 Å². The molecule has 0 aromatic heterocycles. The summed E-state index contributed by atoms with van der Waals surface area (Å²) in [6.07, 6.45) is -7.31. The number of rotatable bonds is 4. The van der Waals surface area contributed by atoms with Crippen LogP contribution in [0.25, 0.3) is 0 Å². The molecule has 26 heavy (non-hydrogen) atoms. The smallest absolute Gasteiger partial charge is 0.208 e. The van der Waals surface area contributed by atoms with Gasteiger partial charge in [-0.15, -0.1) is 11.6 Å². The Morgan fingerprint density at radius 1 is 1.00 bits per heavy atom. The number of halogens is 1. The van der Waals surface area contributed by atoms with E-state index in [0.717, 1.165) is 0 Å². The highest BCUT2D eigenvalue weighted by Crippen LogP contribution is 2.49. The van der Waals surface area contributed by atoms with E-state index in [1.54, 1.807) is 0 Å². The Kier molecular flexibility index (Phi) is 5.81. The maximum absolute atomic E-state index is 10.7. The van der Waals surface area contributed by atoms with Crippen molar-refractivity contribution in [2.45, 2.75) is 54.1 Å². The van der Waals surface area contributed by atoms with E-state index in [-0.39, 0.29) is 0 Å². The molecule has 150 valence electrons. The monoisotopic (exact) mass is 398 g/mol. The SMILES string of the molecule is OC[C@H]1O[C@@H](O[C@@H]2OC=C[C@H]3[C@H](O)[C@@H](Cl)[C@@](O)(CO)[C@@H]23)[C@H](O)[C@@H](O)[C@@H]1O. The number of hydrogen-bond acceptors (Lipinski definition) is 10. The van der Waals surface area contributed by atoms with E-state index in [1.165, 1.54) is 12.3 Å². The minimum atomic E-state index is -1.94. The second-order valence-corrected chi connectivity index (χ2v) is 7.28. The lowest BCUT2D eigenvalue weighted by molar-refractivity contribution is -0.347. The average Bonchev–Trinajstić information content (AvgIpc) is 2.85. The maximum atomic E-state index is 10.7. The third-order valence-electron chi connectivity index (χ3n) is 5.34. The normalized spacial score (nSPS) is 54.0. The summed E-state index contributed by atoms with van der Waals surface area (Å²) in [6.45, 7) is -1.41.